The van der Waals surface area contributed by atoms with Crippen LogP contribution in [0.15, 0.2) is 0 Å². The summed E-state index contributed by atoms with van der Waals surface area (Å²) in [6, 6.07) is -0.450. The number of rotatable bonds is 6. The van der Waals surface area contributed by atoms with Gasteiger partial charge in [-0.05, 0) is 19.3 Å². The molecule has 0 aromatic rings. The van der Waals surface area contributed by atoms with Gasteiger partial charge in [0.1, 0.15) is 0 Å². The van der Waals surface area contributed by atoms with Crippen molar-refractivity contribution in [3.8, 4) is 0 Å². The lowest BCUT2D eigenvalue weighted by Crippen LogP contribution is -2.51. The van der Waals surface area contributed by atoms with Gasteiger partial charge in [-0.3, -0.25) is 4.79 Å². The standard InChI is InChI=1S/C12H26N2O2/c1-6-14(8-9-16-7-2)11(15)10(13)12(3,4)5/h10H,6-9,13H2,1-5H3/t10-/m1/s1. The number of likely N-dealkylation sites (N-methyl/N-ethyl adjacent to an activating group) is 1. The van der Waals surface area contributed by atoms with Gasteiger partial charge in [0.25, 0.3) is 0 Å². The number of hydrogen-bond donors (Lipinski definition) is 1. The highest BCUT2D eigenvalue weighted by Gasteiger charge is 2.30. The van der Waals surface area contributed by atoms with Crippen LogP contribution in [-0.2, 0) is 9.53 Å². The average Bonchev–Trinajstić information content (AvgIpc) is 2.21. The first-order chi connectivity index (χ1) is 7.34. The Labute approximate surface area is 99.1 Å². The Hall–Kier alpha value is -0.610. The quantitative estimate of drug-likeness (QED) is 0.699. The van der Waals surface area contributed by atoms with Crippen molar-refractivity contribution in [2.24, 2.45) is 11.1 Å². The van der Waals surface area contributed by atoms with Crippen molar-refractivity contribution in [1.82, 2.24) is 4.90 Å². The molecule has 1 atom stereocenters. The summed E-state index contributed by atoms with van der Waals surface area (Å²) >= 11 is 0. The number of hydrogen-bond acceptors (Lipinski definition) is 3. The van der Waals surface area contributed by atoms with Gasteiger partial charge in [0, 0.05) is 19.7 Å². The van der Waals surface area contributed by atoms with E-state index < -0.39 is 6.04 Å². The van der Waals surface area contributed by atoms with Crippen molar-refractivity contribution in [3.63, 3.8) is 0 Å². The molecule has 4 heteroatoms. The van der Waals surface area contributed by atoms with E-state index >= 15 is 0 Å². The van der Waals surface area contributed by atoms with Crippen LogP contribution in [0.4, 0.5) is 0 Å². The maximum absolute atomic E-state index is 12.1. The number of carbonyl (C=O) groups is 1. The number of amides is 1. The summed E-state index contributed by atoms with van der Waals surface area (Å²) in [6.45, 7) is 12.4. The van der Waals surface area contributed by atoms with Crippen LogP contribution in [0.2, 0.25) is 0 Å². The molecule has 16 heavy (non-hydrogen) atoms. The molecule has 0 aromatic heterocycles. The molecule has 2 N–H and O–H groups in total. The summed E-state index contributed by atoms with van der Waals surface area (Å²) in [5.74, 6) is 0.00898. The van der Waals surface area contributed by atoms with Gasteiger partial charge in [-0.1, -0.05) is 20.8 Å². The van der Waals surface area contributed by atoms with Gasteiger partial charge in [0.2, 0.25) is 5.91 Å². The van der Waals surface area contributed by atoms with Crippen molar-refractivity contribution in [3.05, 3.63) is 0 Å². The van der Waals surface area contributed by atoms with Crippen molar-refractivity contribution < 1.29 is 9.53 Å². The van der Waals surface area contributed by atoms with E-state index in [1.54, 1.807) is 4.90 Å². The molecule has 0 saturated carbocycles. The average molecular weight is 230 g/mol. The van der Waals surface area contributed by atoms with Crippen molar-refractivity contribution in [1.29, 1.82) is 0 Å². The lowest BCUT2D eigenvalue weighted by molar-refractivity contribution is -0.135. The monoisotopic (exact) mass is 230 g/mol. The van der Waals surface area contributed by atoms with Crippen LogP contribution in [-0.4, -0.2) is 43.2 Å². The van der Waals surface area contributed by atoms with Crippen LogP contribution in [0.3, 0.4) is 0 Å². The molecule has 4 nitrogen and oxygen atoms in total. The molecule has 0 radical (unpaired) electrons. The second-order valence-electron chi connectivity index (χ2n) is 4.96. The van der Waals surface area contributed by atoms with Crippen molar-refractivity contribution in [2.75, 3.05) is 26.3 Å². The zero-order valence-corrected chi connectivity index (χ0v) is 11.2. The first-order valence-electron chi connectivity index (χ1n) is 5.96. The smallest absolute Gasteiger partial charge is 0.240 e. The molecule has 0 aromatic carbocycles. The van der Waals surface area contributed by atoms with Crippen LogP contribution < -0.4 is 5.73 Å². The van der Waals surface area contributed by atoms with Gasteiger partial charge < -0.3 is 15.4 Å². The zero-order valence-electron chi connectivity index (χ0n) is 11.2. The van der Waals surface area contributed by atoms with E-state index in [-0.39, 0.29) is 11.3 Å². The van der Waals surface area contributed by atoms with E-state index in [2.05, 4.69) is 0 Å². The largest absolute Gasteiger partial charge is 0.380 e. The third-order valence-electron chi connectivity index (χ3n) is 2.60. The van der Waals surface area contributed by atoms with Crippen LogP contribution in [0, 0.1) is 5.41 Å². The van der Waals surface area contributed by atoms with Gasteiger partial charge >= 0.3 is 0 Å². The zero-order chi connectivity index (χ0) is 12.8. The normalized spacial score (nSPS) is 13.6. The third-order valence-corrected chi connectivity index (χ3v) is 2.60. The summed E-state index contributed by atoms with van der Waals surface area (Å²) in [4.78, 5) is 13.8. The first kappa shape index (κ1) is 15.4. The molecule has 0 aliphatic heterocycles. The predicted molar refractivity (Wildman–Crippen MR) is 66.2 cm³/mol. The fourth-order valence-electron chi connectivity index (χ4n) is 1.31. The Morgan fingerprint density at radius 2 is 1.94 bits per heavy atom. The maximum Gasteiger partial charge on any atom is 0.240 e. The summed E-state index contributed by atoms with van der Waals surface area (Å²) < 4.78 is 5.25. The molecular weight excluding hydrogens is 204 g/mol. The van der Waals surface area contributed by atoms with Crippen molar-refractivity contribution in [2.45, 2.75) is 40.7 Å². The highest BCUT2D eigenvalue weighted by molar-refractivity contribution is 5.82. The van der Waals surface area contributed by atoms with Gasteiger partial charge in [0.05, 0.1) is 12.6 Å². The minimum atomic E-state index is -0.450. The fraction of sp³-hybridized carbons (Fsp3) is 0.917. The molecular formula is C12H26N2O2. The molecule has 0 heterocycles. The van der Waals surface area contributed by atoms with Gasteiger partial charge in [-0.15, -0.1) is 0 Å². The molecule has 1 amide bonds. The van der Waals surface area contributed by atoms with Crippen LogP contribution in [0.5, 0.6) is 0 Å². The Morgan fingerprint density at radius 1 is 1.38 bits per heavy atom. The predicted octanol–water partition coefficient (Wildman–Crippen LogP) is 1.24. The fourth-order valence-corrected chi connectivity index (χ4v) is 1.31. The Morgan fingerprint density at radius 3 is 2.31 bits per heavy atom. The second kappa shape index (κ2) is 6.86. The Balaban J connectivity index is 4.30. The molecule has 0 spiro atoms. The Kier molecular flexibility index (Phi) is 6.60. The number of ether oxygens (including phenoxy) is 1. The van der Waals surface area contributed by atoms with E-state index in [4.69, 9.17) is 10.5 Å². The van der Waals surface area contributed by atoms with E-state index in [1.165, 1.54) is 0 Å². The summed E-state index contributed by atoms with van der Waals surface area (Å²) in [6.07, 6.45) is 0. The molecule has 0 fully saturated rings. The summed E-state index contributed by atoms with van der Waals surface area (Å²) in [7, 11) is 0. The van der Waals surface area contributed by atoms with E-state index in [0.29, 0.717) is 26.3 Å². The topological polar surface area (TPSA) is 55.6 Å². The van der Waals surface area contributed by atoms with Gasteiger partial charge in [-0.25, -0.2) is 0 Å². The van der Waals surface area contributed by atoms with Gasteiger partial charge in [-0.2, -0.15) is 0 Å². The highest BCUT2D eigenvalue weighted by atomic mass is 16.5. The third kappa shape index (κ3) is 4.94. The Bertz CT molecular complexity index is 212. The minimum Gasteiger partial charge on any atom is -0.380 e. The van der Waals surface area contributed by atoms with Crippen LogP contribution >= 0.6 is 0 Å². The molecule has 96 valence electrons. The molecule has 0 saturated heterocycles. The number of nitrogens with two attached hydrogens (primary N) is 1. The summed E-state index contributed by atoms with van der Waals surface area (Å²) in [5.41, 5.74) is 5.74. The lowest BCUT2D eigenvalue weighted by Gasteiger charge is -2.31. The second-order valence-corrected chi connectivity index (χ2v) is 4.96. The SMILES string of the molecule is CCOCCN(CC)C(=O)[C@@H](N)C(C)(C)C. The molecule has 0 unspecified atom stereocenters. The molecule has 0 rings (SSSR count). The molecule has 0 bridgehead atoms. The first-order valence-corrected chi connectivity index (χ1v) is 5.96. The summed E-state index contributed by atoms with van der Waals surface area (Å²) in [5, 5.41) is 0. The highest BCUT2D eigenvalue weighted by Crippen LogP contribution is 2.18. The number of carbonyl (C=O) groups excluding carboxylic acids is 1. The van der Waals surface area contributed by atoms with E-state index in [0.717, 1.165) is 0 Å². The van der Waals surface area contributed by atoms with Crippen LogP contribution in [0.1, 0.15) is 34.6 Å². The number of nitrogens with zero attached hydrogens (tertiary/aromatic N) is 1. The lowest BCUT2D eigenvalue weighted by atomic mass is 9.86. The maximum atomic E-state index is 12.1. The van der Waals surface area contributed by atoms with E-state index in [1.807, 2.05) is 34.6 Å². The minimum absolute atomic E-state index is 0.00898. The van der Waals surface area contributed by atoms with Gasteiger partial charge in [0.15, 0.2) is 0 Å². The molecule has 0 aliphatic rings. The van der Waals surface area contributed by atoms with Crippen LogP contribution in [0.25, 0.3) is 0 Å². The van der Waals surface area contributed by atoms with Crippen molar-refractivity contribution >= 4 is 5.91 Å². The molecule has 0 aliphatic carbocycles. The van der Waals surface area contributed by atoms with E-state index in [9.17, 15) is 4.79 Å².